The van der Waals surface area contributed by atoms with Crippen molar-refractivity contribution in [3.8, 4) is 5.75 Å². The molecule has 0 saturated carbocycles. The van der Waals surface area contributed by atoms with Gasteiger partial charge in [-0.1, -0.05) is 31.6 Å². The first-order valence-corrected chi connectivity index (χ1v) is 5.93. The Kier molecular flexibility index (Phi) is 5.10. The highest BCUT2D eigenvalue weighted by atomic mass is 16.5. The van der Waals surface area contributed by atoms with Crippen LogP contribution in [0, 0.1) is 5.92 Å². The smallest absolute Gasteiger partial charge is 0.120 e. The summed E-state index contributed by atoms with van der Waals surface area (Å²) < 4.78 is 5.66. The van der Waals surface area contributed by atoms with Crippen molar-refractivity contribution in [3.63, 3.8) is 0 Å². The van der Waals surface area contributed by atoms with Crippen molar-refractivity contribution >= 4 is 0 Å². The van der Waals surface area contributed by atoms with Crippen molar-refractivity contribution < 1.29 is 4.74 Å². The molecule has 0 fully saturated rings. The topological polar surface area (TPSA) is 9.23 Å². The maximum atomic E-state index is 5.66. The zero-order valence-electron chi connectivity index (χ0n) is 10.8. The number of rotatable bonds is 5. The van der Waals surface area contributed by atoms with Gasteiger partial charge in [0.1, 0.15) is 12.4 Å². The van der Waals surface area contributed by atoms with Gasteiger partial charge in [-0.2, -0.15) is 0 Å². The Morgan fingerprint density at radius 3 is 2.69 bits per heavy atom. The highest BCUT2D eigenvalue weighted by Gasteiger charge is 1.99. The fourth-order valence-corrected chi connectivity index (χ4v) is 1.54. The predicted octanol–water partition coefficient (Wildman–Crippen LogP) is 4.23. The number of ether oxygens (including phenoxy) is 1. The molecular formula is C15H22O. The van der Waals surface area contributed by atoms with Crippen LogP contribution < -0.4 is 4.74 Å². The molecule has 1 aromatic carbocycles. The summed E-state index contributed by atoms with van der Waals surface area (Å²) in [5, 5.41) is 0. The third-order valence-corrected chi connectivity index (χ3v) is 2.28. The van der Waals surface area contributed by atoms with Crippen molar-refractivity contribution in [2.45, 2.75) is 34.1 Å². The Morgan fingerprint density at radius 2 is 2.06 bits per heavy atom. The van der Waals surface area contributed by atoms with Crippen LogP contribution in [0.3, 0.4) is 0 Å². The molecule has 0 N–H and O–H groups in total. The van der Waals surface area contributed by atoms with Crippen LogP contribution in [-0.2, 0) is 6.42 Å². The van der Waals surface area contributed by atoms with Gasteiger partial charge in [0.15, 0.2) is 0 Å². The number of allylic oxidation sites excluding steroid dienone is 1. The SMILES string of the molecule is CC(C)=CCOc1cccc(CC(C)C)c1. The largest absolute Gasteiger partial charge is 0.490 e. The van der Waals surface area contributed by atoms with Crippen LogP contribution in [0.2, 0.25) is 0 Å². The summed E-state index contributed by atoms with van der Waals surface area (Å²) in [6.07, 6.45) is 3.20. The number of hydrogen-bond donors (Lipinski definition) is 0. The fourth-order valence-electron chi connectivity index (χ4n) is 1.54. The molecule has 0 aliphatic heterocycles. The van der Waals surface area contributed by atoms with E-state index in [1.165, 1.54) is 11.1 Å². The van der Waals surface area contributed by atoms with Crippen LogP contribution in [0.1, 0.15) is 33.3 Å². The molecule has 0 bridgehead atoms. The standard InChI is InChI=1S/C15H22O/c1-12(2)8-9-16-15-7-5-6-14(11-15)10-13(3)4/h5-8,11,13H,9-10H2,1-4H3. The van der Waals surface area contributed by atoms with Gasteiger partial charge in [0.2, 0.25) is 0 Å². The molecule has 0 amide bonds. The lowest BCUT2D eigenvalue weighted by molar-refractivity contribution is 0.361. The van der Waals surface area contributed by atoms with Crippen LogP contribution >= 0.6 is 0 Å². The predicted molar refractivity (Wildman–Crippen MR) is 69.9 cm³/mol. The summed E-state index contributed by atoms with van der Waals surface area (Å²) in [6.45, 7) is 9.29. The minimum Gasteiger partial charge on any atom is -0.490 e. The van der Waals surface area contributed by atoms with E-state index in [1.807, 2.05) is 6.07 Å². The van der Waals surface area contributed by atoms with Crippen LogP contribution in [-0.4, -0.2) is 6.61 Å². The lowest BCUT2D eigenvalue weighted by Gasteiger charge is -2.08. The monoisotopic (exact) mass is 218 g/mol. The molecule has 1 aromatic rings. The van der Waals surface area contributed by atoms with Gasteiger partial charge >= 0.3 is 0 Å². The van der Waals surface area contributed by atoms with Crippen LogP contribution in [0.25, 0.3) is 0 Å². The minimum absolute atomic E-state index is 0.660. The molecule has 1 rings (SSSR count). The molecule has 0 saturated heterocycles. The van der Waals surface area contributed by atoms with E-state index >= 15 is 0 Å². The molecule has 0 unspecified atom stereocenters. The second-order valence-electron chi connectivity index (χ2n) is 4.84. The van der Waals surface area contributed by atoms with Crippen molar-refractivity contribution in [1.29, 1.82) is 0 Å². The Balaban J connectivity index is 2.57. The summed E-state index contributed by atoms with van der Waals surface area (Å²) in [6, 6.07) is 8.38. The molecule has 0 heterocycles. The average molecular weight is 218 g/mol. The van der Waals surface area contributed by atoms with Gasteiger partial charge in [0.05, 0.1) is 0 Å². The van der Waals surface area contributed by atoms with Gasteiger partial charge in [0, 0.05) is 0 Å². The summed E-state index contributed by atoms with van der Waals surface area (Å²) in [5.74, 6) is 1.66. The van der Waals surface area contributed by atoms with Gasteiger partial charge in [0.25, 0.3) is 0 Å². The Morgan fingerprint density at radius 1 is 1.31 bits per heavy atom. The Hall–Kier alpha value is -1.24. The van der Waals surface area contributed by atoms with E-state index in [0.717, 1.165) is 12.2 Å². The molecule has 0 radical (unpaired) electrons. The van der Waals surface area contributed by atoms with Gasteiger partial charge < -0.3 is 4.74 Å². The van der Waals surface area contributed by atoms with E-state index in [9.17, 15) is 0 Å². The second-order valence-corrected chi connectivity index (χ2v) is 4.84. The third-order valence-electron chi connectivity index (χ3n) is 2.28. The lowest BCUT2D eigenvalue weighted by Crippen LogP contribution is -1.97. The molecule has 88 valence electrons. The van der Waals surface area contributed by atoms with E-state index in [4.69, 9.17) is 4.74 Å². The van der Waals surface area contributed by atoms with E-state index in [0.29, 0.717) is 12.5 Å². The normalized spacial score (nSPS) is 10.3. The first kappa shape index (κ1) is 12.8. The highest BCUT2D eigenvalue weighted by Crippen LogP contribution is 2.16. The highest BCUT2D eigenvalue weighted by molar-refractivity contribution is 5.28. The van der Waals surface area contributed by atoms with Crippen molar-refractivity contribution in [2.75, 3.05) is 6.61 Å². The van der Waals surface area contributed by atoms with E-state index in [2.05, 4.69) is 52.0 Å². The molecule has 0 atom stereocenters. The molecule has 1 heteroatoms. The van der Waals surface area contributed by atoms with Gasteiger partial charge in [-0.15, -0.1) is 0 Å². The van der Waals surface area contributed by atoms with Crippen molar-refractivity contribution in [3.05, 3.63) is 41.5 Å². The van der Waals surface area contributed by atoms with E-state index in [-0.39, 0.29) is 0 Å². The maximum absolute atomic E-state index is 5.66. The maximum Gasteiger partial charge on any atom is 0.120 e. The van der Waals surface area contributed by atoms with E-state index in [1.54, 1.807) is 0 Å². The Bertz CT molecular complexity index is 346. The third kappa shape index (κ3) is 5.01. The van der Waals surface area contributed by atoms with Gasteiger partial charge in [-0.3, -0.25) is 0 Å². The van der Waals surface area contributed by atoms with E-state index < -0.39 is 0 Å². The molecule has 0 aliphatic carbocycles. The number of hydrogen-bond acceptors (Lipinski definition) is 1. The quantitative estimate of drug-likeness (QED) is 0.672. The molecule has 0 aliphatic rings. The van der Waals surface area contributed by atoms with Gasteiger partial charge in [-0.25, -0.2) is 0 Å². The summed E-state index contributed by atoms with van der Waals surface area (Å²) >= 11 is 0. The van der Waals surface area contributed by atoms with Crippen LogP contribution in [0.4, 0.5) is 0 Å². The lowest BCUT2D eigenvalue weighted by atomic mass is 10.0. The zero-order valence-corrected chi connectivity index (χ0v) is 10.8. The Labute approximate surface area is 99.1 Å². The zero-order chi connectivity index (χ0) is 12.0. The first-order valence-electron chi connectivity index (χ1n) is 5.93. The summed E-state index contributed by atoms with van der Waals surface area (Å²) in [4.78, 5) is 0. The summed E-state index contributed by atoms with van der Waals surface area (Å²) in [5.41, 5.74) is 2.64. The van der Waals surface area contributed by atoms with Gasteiger partial charge in [-0.05, 0) is 50.0 Å². The fraction of sp³-hybridized carbons (Fsp3) is 0.467. The minimum atomic E-state index is 0.660. The van der Waals surface area contributed by atoms with Crippen molar-refractivity contribution in [1.82, 2.24) is 0 Å². The summed E-state index contributed by atoms with van der Waals surface area (Å²) in [7, 11) is 0. The van der Waals surface area contributed by atoms with Crippen molar-refractivity contribution in [2.24, 2.45) is 5.92 Å². The molecule has 0 aromatic heterocycles. The molecular weight excluding hydrogens is 196 g/mol. The average Bonchev–Trinajstić information content (AvgIpc) is 2.16. The number of benzene rings is 1. The first-order chi connectivity index (χ1) is 7.58. The van der Waals surface area contributed by atoms with Crippen LogP contribution in [0.15, 0.2) is 35.9 Å². The second kappa shape index (κ2) is 6.37. The van der Waals surface area contributed by atoms with Crippen LogP contribution in [0.5, 0.6) is 5.75 Å². The molecule has 16 heavy (non-hydrogen) atoms. The molecule has 1 nitrogen and oxygen atoms in total. The molecule has 0 spiro atoms.